The molecule has 0 aliphatic heterocycles. The SMILES string of the molecule is COc1cc(NC(=O)Cn2cc(CN)nn2)ccc1F. The molecule has 0 saturated heterocycles. The Hall–Kier alpha value is -2.48. The van der Waals surface area contributed by atoms with Crippen molar-refractivity contribution in [3.05, 3.63) is 35.9 Å². The van der Waals surface area contributed by atoms with Crippen LogP contribution in [0.5, 0.6) is 5.75 Å². The number of nitrogens with one attached hydrogen (secondary N) is 1. The van der Waals surface area contributed by atoms with Crippen molar-refractivity contribution in [1.29, 1.82) is 0 Å². The molecule has 0 atom stereocenters. The first-order valence-electron chi connectivity index (χ1n) is 5.85. The van der Waals surface area contributed by atoms with E-state index in [1.807, 2.05) is 0 Å². The quantitative estimate of drug-likeness (QED) is 0.832. The monoisotopic (exact) mass is 279 g/mol. The van der Waals surface area contributed by atoms with Crippen LogP contribution < -0.4 is 15.8 Å². The molecule has 106 valence electrons. The van der Waals surface area contributed by atoms with Crippen molar-refractivity contribution in [2.75, 3.05) is 12.4 Å². The number of hydrogen-bond donors (Lipinski definition) is 2. The predicted octanol–water partition coefficient (Wildman–Crippen LogP) is 0.523. The Morgan fingerprint density at radius 1 is 1.55 bits per heavy atom. The first kappa shape index (κ1) is 13.9. The van der Waals surface area contributed by atoms with E-state index in [2.05, 4.69) is 15.6 Å². The number of methoxy groups -OCH3 is 1. The highest BCUT2D eigenvalue weighted by molar-refractivity contribution is 5.90. The van der Waals surface area contributed by atoms with Crippen LogP contribution in [0.25, 0.3) is 0 Å². The van der Waals surface area contributed by atoms with Crippen LogP contribution in [-0.4, -0.2) is 28.0 Å². The second kappa shape index (κ2) is 6.11. The standard InChI is InChI=1S/C12H14FN5O2/c1-20-11-4-8(2-3-10(11)13)15-12(19)7-18-6-9(5-14)16-17-18/h2-4,6H,5,7,14H2,1H3,(H,15,19). The number of anilines is 1. The maximum atomic E-state index is 13.2. The molecular weight excluding hydrogens is 265 g/mol. The van der Waals surface area contributed by atoms with Crippen LogP contribution in [0.15, 0.2) is 24.4 Å². The Kier molecular flexibility index (Phi) is 4.26. The minimum Gasteiger partial charge on any atom is -0.494 e. The molecule has 0 fully saturated rings. The van der Waals surface area contributed by atoms with E-state index in [4.69, 9.17) is 10.5 Å². The van der Waals surface area contributed by atoms with E-state index in [0.29, 0.717) is 11.4 Å². The molecule has 0 radical (unpaired) electrons. The van der Waals surface area contributed by atoms with E-state index in [0.717, 1.165) is 0 Å². The van der Waals surface area contributed by atoms with Crippen molar-refractivity contribution in [3.8, 4) is 5.75 Å². The van der Waals surface area contributed by atoms with Gasteiger partial charge in [0.25, 0.3) is 0 Å². The number of rotatable bonds is 5. The maximum absolute atomic E-state index is 13.2. The molecule has 20 heavy (non-hydrogen) atoms. The average molecular weight is 279 g/mol. The number of nitrogens with zero attached hydrogens (tertiary/aromatic N) is 3. The van der Waals surface area contributed by atoms with Crippen LogP contribution in [0, 0.1) is 5.82 Å². The largest absolute Gasteiger partial charge is 0.494 e. The lowest BCUT2D eigenvalue weighted by Gasteiger charge is -2.07. The highest BCUT2D eigenvalue weighted by atomic mass is 19.1. The molecule has 0 spiro atoms. The van der Waals surface area contributed by atoms with Gasteiger partial charge < -0.3 is 15.8 Å². The van der Waals surface area contributed by atoms with Crippen LogP contribution in [0.3, 0.4) is 0 Å². The van der Waals surface area contributed by atoms with Gasteiger partial charge >= 0.3 is 0 Å². The normalized spacial score (nSPS) is 10.3. The van der Waals surface area contributed by atoms with Gasteiger partial charge in [-0.25, -0.2) is 9.07 Å². The minimum absolute atomic E-state index is 0.00725. The summed E-state index contributed by atoms with van der Waals surface area (Å²) in [5.74, 6) is -0.740. The van der Waals surface area contributed by atoms with Gasteiger partial charge in [0.15, 0.2) is 11.6 Å². The highest BCUT2D eigenvalue weighted by Gasteiger charge is 2.08. The number of hydrogen-bond acceptors (Lipinski definition) is 5. The van der Waals surface area contributed by atoms with E-state index in [1.165, 1.54) is 30.0 Å². The van der Waals surface area contributed by atoms with Crippen molar-refractivity contribution in [2.24, 2.45) is 5.73 Å². The third-order valence-electron chi connectivity index (χ3n) is 2.54. The number of carbonyl (C=O) groups excluding carboxylic acids is 1. The molecule has 2 rings (SSSR count). The van der Waals surface area contributed by atoms with Crippen molar-refractivity contribution in [2.45, 2.75) is 13.1 Å². The third-order valence-corrected chi connectivity index (χ3v) is 2.54. The Labute approximate surface area is 114 Å². The lowest BCUT2D eigenvalue weighted by molar-refractivity contribution is -0.116. The fourth-order valence-corrected chi connectivity index (χ4v) is 1.59. The summed E-state index contributed by atoms with van der Waals surface area (Å²) >= 11 is 0. The molecule has 0 aliphatic carbocycles. The summed E-state index contributed by atoms with van der Waals surface area (Å²) in [5, 5.41) is 10.1. The number of benzene rings is 1. The summed E-state index contributed by atoms with van der Waals surface area (Å²) in [5.41, 5.74) is 6.43. The summed E-state index contributed by atoms with van der Waals surface area (Å²) in [7, 11) is 1.35. The second-order valence-corrected chi connectivity index (χ2v) is 4.01. The Bertz CT molecular complexity index is 614. The van der Waals surface area contributed by atoms with Crippen LogP contribution in [0.2, 0.25) is 0 Å². The summed E-state index contributed by atoms with van der Waals surface area (Å²) in [6.45, 7) is 0.253. The zero-order valence-electron chi connectivity index (χ0n) is 10.8. The molecule has 2 aromatic rings. The lowest BCUT2D eigenvalue weighted by atomic mass is 10.3. The van der Waals surface area contributed by atoms with Gasteiger partial charge in [-0.15, -0.1) is 5.10 Å². The van der Waals surface area contributed by atoms with Crippen LogP contribution >= 0.6 is 0 Å². The van der Waals surface area contributed by atoms with Gasteiger partial charge in [0.2, 0.25) is 5.91 Å². The Balaban J connectivity index is 2.00. The maximum Gasteiger partial charge on any atom is 0.246 e. The molecule has 0 aliphatic rings. The number of amides is 1. The van der Waals surface area contributed by atoms with Crippen LogP contribution in [0.1, 0.15) is 5.69 Å². The van der Waals surface area contributed by atoms with E-state index in [9.17, 15) is 9.18 Å². The molecule has 7 nitrogen and oxygen atoms in total. The van der Waals surface area contributed by atoms with Crippen molar-refractivity contribution < 1.29 is 13.9 Å². The van der Waals surface area contributed by atoms with Crippen molar-refractivity contribution in [3.63, 3.8) is 0 Å². The molecule has 3 N–H and O–H groups in total. The van der Waals surface area contributed by atoms with Gasteiger partial charge in [-0.05, 0) is 12.1 Å². The van der Waals surface area contributed by atoms with Crippen molar-refractivity contribution in [1.82, 2.24) is 15.0 Å². The predicted molar refractivity (Wildman–Crippen MR) is 69.5 cm³/mol. The molecule has 1 heterocycles. The topological polar surface area (TPSA) is 95.1 Å². The molecule has 0 unspecified atom stereocenters. The molecule has 1 aromatic heterocycles. The second-order valence-electron chi connectivity index (χ2n) is 4.01. The van der Waals surface area contributed by atoms with Gasteiger partial charge in [-0.3, -0.25) is 4.79 Å². The first-order chi connectivity index (χ1) is 9.62. The average Bonchev–Trinajstić information content (AvgIpc) is 2.88. The van der Waals surface area contributed by atoms with Crippen LogP contribution in [-0.2, 0) is 17.9 Å². The lowest BCUT2D eigenvalue weighted by Crippen LogP contribution is -2.19. The number of nitrogens with two attached hydrogens (primary N) is 1. The van der Waals surface area contributed by atoms with Gasteiger partial charge in [-0.2, -0.15) is 0 Å². The third kappa shape index (κ3) is 3.29. The van der Waals surface area contributed by atoms with E-state index in [1.54, 1.807) is 6.20 Å². The smallest absolute Gasteiger partial charge is 0.246 e. The van der Waals surface area contributed by atoms with E-state index < -0.39 is 5.82 Å². The summed E-state index contributed by atoms with van der Waals surface area (Å²) < 4.78 is 19.4. The zero-order valence-corrected chi connectivity index (χ0v) is 10.8. The highest BCUT2D eigenvalue weighted by Crippen LogP contribution is 2.21. The minimum atomic E-state index is -0.491. The summed E-state index contributed by atoms with van der Waals surface area (Å²) in [6.07, 6.45) is 1.59. The number of ether oxygens (including phenoxy) is 1. The van der Waals surface area contributed by atoms with Crippen molar-refractivity contribution >= 4 is 11.6 Å². The summed E-state index contributed by atoms with van der Waals surface area (Å²) in [4.78, 5) is 11.8. The molecule has 1 amide bonds. The summed E-state index contributed by atoms with van der Waals surface area (Å²) in [6, 6.07) is 4.07. The number of halogens is 1. The van der Waals surface area contributed by atoms with Gasteiger partial charge in [0, 0.05) is 18.3 Å². The number of aromatic nitrogens is 3. The molecule has 8 heteroatoms. The fraction of sp³-hybridized carbons (Fsp3) is 0.250. The van der Waals surface area contributed by atoms with Gasteiger partial charge in [0.05, 0.1) is 19.0 Å². The Morgan fingerprint density at radius 3 is 3.00 bits per heavy atom. The molecule has 0 saturated carbocycles. The van der Waals surface area contributed by atoms with Crippen LogP contribution in [0.4, 0.5) is 10.1 Å². The fourth-order valence-electron chi connectivity index (χ4n) is 1.59. The number of carbonyl (C=O) groups is 1. The Morgan fingerprint density at radius 2 is 2.35 bits per heavy atom. The van der Waals surface area contributed by atoms with E-state index >= 15 is 0 Å². The van der Waals surface area contributed by atoms with Gasteiger partial charge in [0.1, 0.15) is 6.54 Å². The van der Waals surface area contributed by atoms with E-state index in [-0.39, 0.29) is 24.7 Å². The van der Waals surface area contributed by atoms with Gasteiger partial charge in [-0.1, -0.05) is 5.21 Å². The molecule has 0 bridgehead atoms. The molecule has 1 aromatic carbocycles. The zero-order chi connectivity index (χ0) is 14.5. The molecular formula is C12H14FN5O2. The first-order valence-corrected chi connectivity index (χ1v) is 5.85.